The molecule has 1 fully saturated rings. The van der Waals surface area contributed by atoms with Gasteiger partial charge in [-0.05, 0) is 30.9 Å². The third-order valence-corrected chi connectivity index (χ3v) is 4.39. The van der Waals surface area contributed by atoms with Crippen molar-refractivity contribution in [3.8, 4) is 0 Å². The SMILES string of the molecule is COCc1ccc([C@@H]2CCCN2C(=O)NCc2cc(C(C)C)no2)o1. The summed E-state index contributed by atoms with van der Waals surface area (Å²) < 4.78 is 16.2. The molecule has 7 nitrogen and oxygen atoms in total. The molecule has 1 atom stereocenters. The summed E-state index contributed by atoms with van der Waals surface area (Å²) in [4.78, 5) is 14.4. The molecule has 2 aromatic rings. The summed E-state index contributed by atoms with van der Waals surface area (Å²) in [6.07, 6.45) is 1.85. The van der Waals surface area contributed by atoms with E-state index < -0.39 is 0 Å². The number of rotatable bonds is 6. The number of aromatic nitrogens is 1. The molecule has 1 aliphatic rings. The van der Waals surface area contributed by atoms with E-state index in [0.717, 1.165) is 30.1 Å². The van der Waals surface area contributed by atoms with Gasteiger partial charge in [0, 0.05) is 19.7 Å². The Balaban J connectivity index is 1.59. The Morgan fingerprint density at radius 1 is 1.44 bits per heavy atom. The molecule has 7 heteroatoms. The molecule has 3 heterocycles. The molecule has 0 aliphatic carbocycles. The van der Waals surface area contributed by atoms with Crippen molar-refractivity contribution in [3.63, 3.8) is 0 Å². The van der Waals surface area contributed by atoms with Crippen LogP contribution in [0, 0.1) is 0 Å². The lowest BCUT2D eigenvalue weighted by Gasteiger charge is -2.23. The summed E-state index contributed by atoms with van der Waals surface area (Å²) in [5, 5.41) is 6.92. The molecular formula is C18H25N3O4. The van der Waals surface area contributed by atoms with E-state index in [-0.39, 0.29) is 12.1 Å². The highest BCUT2D eigenvalue weighted by molar-refractivity contribution is 5.74. The second kappa shape index (κ2) is 7.74. The maximum absolute atomic E-state index is 12.6. The molecule has 136 valence electrons. The molecule has 0 saturated carbocycles. The minimum Gasteiger partial charge on any atom is -0.461 e. The van der Waals surface area contributed by atoms with Crippen molar-refractivity contribution in [1.82, 2.24) is 15.4 Å². The van der Waals surface area contributed by atoms with Crippen LogP contribution in [0.5, 0.6) is 0 Å². The lowest BCUT2D eigenvalue weighted by atomic mass is 10.1. The molecule has 1 N–H and O–H groups in total. The monoisotopic (exact) mass is 347 g/mol. The average Bonchev–Trinajstić information content (AvgIpc) is 3.32. The Morgan fingerprint density at radius 2 is 2.28 bits per heavy atom. The van der Waals surface area contributed by atoms with E-state index in [0.29, 0.717) is 31.4 Å². The van der Waals surface area contributed by atoms with Gasteiger partial charge in [-0.2, -0.15) is 0 Å². The Bertz CT molecular complexity index is 707. The average molecular weight is 347 g/mol. The van der Waals surface area contributed by atoms with Gasteiger partial charge in [0.1, 0.15) is 18.1 Å². The highest BCUT2D eigenvalue weighted by atomic mass is 16.5. The number of amides is 2. The molecule has 0 radical (unpaired) electrons. The lowest BCUT2D eigenvalue weighted by molar-refractivity contribution is 0.156. The molecule has 2 amide bonds. The normalized spacial score (nSPS) is 17.4. The first-order valence-electron chi connectivity index (χ1n) is 8.66. The maximum Gasteiger partial charge on any atom is 0.318 e. The number of nitrogens with zero attached hydrogens (tertiary/aromatic N) is 2. The zero-order chi connectivity index (χ0) is 17.8. The summed E-state index contributed by atoms with van der Waals surface area (Å²) in [5.41, 5.74) is 0.893. The van der Waals surface area contributed by atoms with Crippen LogP contribution in [-0.2, 0) is 17.9 Å². The molecule has 1 aliphatic heterocycles. The van der Waals surface area contributed by atoms with E-state index in [1.54, 1.807) is 7.11 Å². The van der Waals surface area contributed by atoms with Crippen LogP contribution in [0.1, 0.15) is 61.6 Å². The van der Waals surface area contributed by atoms with Crippen LogP contribution >= 0.6 is 0 Å². The largest absolute Gasteiger partial charge is 0.461 e. The maximum atomic E-state index is 12.6. The van der Waals surface area contributed by atoms with Gasteiger partial charge < -0.3 is 23.9 Å². The van der Waals surface area contributed by atoms with Gasteiger partial charge in [0.05, 0.1) is 18.3 Å². The molecule has 0 unspecified atom stereocenters. The van der Waals surface area contributed by atoms with Gasteiger partial charge in [-0.25, -0.2) is 4.79 Å². The van der Waals surface area contributed by atoms with Gasteiger partial charge in [-0.1, -0.05) is 19.0 Å². The third-order valence-electron chi connectivity index (χ3n) is 4.39. The number of hydrogen-bond acceptors (Lipinski definition) is 5. The zero-order valence-corrected chi connectivity index (χ0v) is 14.9. The second-order valence-corrected chi connectivity index (χ2v) is 6.62. The Hall–Kier alpha value is -2.28. The molecule has 0 spiro atoms. The molecule has 25 heavy (non-hydrogen) atoms. The fourth-order valence-electron chi connectivity index (χ4n) is 3.05. The van der Waals surface area contributed by atoms with Crippen LogP contribution in [0.15, 0.2) is 27.1 Å². The predicted molar refractivity (Wildman–Crippen MR) is 90.9 cm³/mol. The second-order valence-electron chi connectivity index (χ2n) is 6.62. The Kier molecular flexibility index (Phi) is 5.43. The summed E-state index contributed by atoms with van der Waals surface area (Å²) in [6.45, 7) is 5.58. The number of urea groups is 1. The van der Waals surface area contributed by atoms with Gasteiger partial charge in [0.2, 0.25) is 0 Å². The summed E-state index contributed by atoms with van der Waals surface area (Å²) in [5.74, 6) is 2.54. The molecule has 0 bridgehead atoms. The fourth-order valence-corrected chi connectivity index (χ4v) is 3.05. The van der Waals surface area contributed by atoms with Crippen molar-refractivity contribution in [2.45, 2.75) is 51.8 Å². The number of ether oxygens (including phenoxy) is 1. The van der Waals surface area contributed by atoms with Crippen molar-refractivity contribution in [1.29, 1.82) is 0 Å². The number of furan rings is 1. The van der Waals surface area contributed by atoms with E-state index >= 15 is 0 Å². The van der Waals surface area contributed by atoms with Crippen molar-refractivity contribution >= 4 is 6.03 Å². The van der Waals surface area contributed by atoms with Crippen LogP contribution in [-0.4, -0.2) is 29.7 Å². The highest BCUT2D eigenvalue weighted by Crippen LogP contribution is 2.33. The Labute approximate surface area is 147 Å². The predicted octanol–water partition coefficient (Wildman–Crippen LogP) is 3.58. The number of carbonyl (C=O) groups excluding carboxylic acids is 1. The van der Waals surface area contributed by atoms with E-state index in [2.05, 4.69) is 24.3 Å². The number of methoxy groups -OCH3 is 1. The van der Waals surface area contributed by atoms with Crippen LogP contribution in [0.25, 0.3) is 0 Å². The first-order chi connectivity index (χ1) is 12.1. The molecular weight excluding hydrogens is 322 g/mol. The number of hydrogen-bond donors (Lipinski definition) is 1. The first-order valence-corrected chi connectivity index (χ1v) is 8.66. The van der Waals surface area contributed by atoms with Gasteiger partial charge >= 0.3 is 6.03 Å². The van der Waals surface area contributed by atoms with E-state index in [9.17, 15) is 4.79 Å². The van der Waals surface area contributed by atoms with Crippen LogP contribution < -0.4 is 5.32 Å². The summed E-state index contributed by atoms with van der Waals surface area (Å²) >= 11 is 0. The van der Waals surface area contributed by atoms with Crippen LogP contribution in [0.2, 0.25) is 0 Å². The first kappa shape index (κ1) is 17.5. The minimum absolute atomic E-state index is 0.0356. The minimum atomic E-state index is -0.116. The Morgan fingerprint density at radius 3 is 3.00 bits per heavy atom. The molecule has 0 aromatic carbocycles. The van der Waals surface area contributed by atoms with E-state index in [1.807, 2.05) is 23.1 Å². The van der Waals surface area contributed by atoms with Crippen molar-refractivity contribution in [2.75, 3.05) is 13.7 Å². The van der Waals surface area contributed by atoms with E-state index in [4.69, 9.17) is 13.7 Å². The van der Waals surface area contributed by atoms with Crippen LogP contribution in [0.3, 0.4) is 0 Å². The molecule has 3 rings (SSSR count). The van der Waals surface area contributed by atoms with Crippen molar-refractivity contribution in [2.24, 2.45) is 0 Å². The highest BCUT2D eigenvalue weighted by Gasteiger charge is 2.32. The smallest absolute Gasteiger partial charge is 0.318 e. The lowest BCUT2D eigenvalue weighted by Crippen LogP contribution is -2.39. The zero-order valence-electron chi connectivity index (χ0n) is 14.9. The topological polar surface area (TPSA) is 80.7 Å². The number of likely N-dealkylation sites (tertiary alicyclic amines) is 1. The molecule has 1 saturated heterocycles. The van der Waals surface area contributed by atoms with Gasteiger partial charge in [-0.3, -0.25) is 0 Å². The van der Waals surface area contributed by atoms with Crippen molar-refractivity contribution in [3.05, 3.63) is 41.2 Å². The summed E-state index contributed by atoms with van der Waals surface area (Å²) in [7, 11) is 1.63. The standard InChI is InChI=1S/C18H25N3O4/c1-12(2)15-9-14(25-20-15)10-19-18(22)21-8-4-5-16(21)17-7-6-13(24-17)11-23-3/h6-7,9,12,16H,4-5,8,10-11H2,1-3H3,(H,19,22)/t16-/m0/s1. The quantitative estimate of drug-likeness (QED) is 0.864. The van der Waals surface area contributed by atoms with Gasteiger partial charge in [0.15, 0.2) is 5.76 Å². The fraction of sp³-hybridized carbons (Fsp3) is 0.556. The number of carbonyl (C=O) groups is 1. The van der Waals surface area contributed by atoms with Crippen molar-refractivity contribution < 1.29 is 18.5 Å². The number of nitrogens with one attached hydrogen (secondary N) is 1. The van der Waals surface area contributed by atoms with Gasteiger partial charge in [0.25, 0.3) is 0 Å². The van der Waals surface area contributed by atoms with Crippen LogP contribution in [0.4, 0.5) is 4.79 Å². The molecule has 2 aromatic heterocycles. The van der Waals surface area contributed by atoms with E-state index in [1.165, 1.54) is 0 Å². The summed E-state index contributed by atoms with van der Waals surface area (Å²) in [6, 6.07) is 5.56. The third kappa shape index (κ3) is 4.04. The van der Waals surface area contributed by atoms with Gasteiger partial charge in [-0.15, -0.1) is 0 Å².